The number of hydrogen-bond acceptors (Lipinski definition) is 3. The molecule has 1 atom stereocenters. The molecule has 20 heavy (non-hydrogen) atoms. The number of likely N-dealkylation sites (tertiary alicyclic amines) is 1. The fraction of sp³-hybridized carbons (Fsp3) is 0.529. The van der Waals surface area contributed by atoms with E-state index in [2.05, 4.69) is 60.3 Å². The summed E-state index contributed by atoms with van der Waals surface area (Å²) in [5, 5.41) is 9.23. The van der Waals surface area contributed by atoms with Crippen molar-refractivity contribution in [3.05, 3.63) is 35.9 Å². The van der Waals surface area contributed by atoms with Crippen LogP contribution in [0.4, 0.5) is 5.69 Å². The van der Waals surface area contributed by atoms with E-state index in [0.29, 0.717) is 12.5 Å². The first-order chi connectivity index (χ1) is 9.69. The molecule has 1 aromatic rings. The fourth-order valence-electron chi connectivity index (χ4n) is 2.69. The third-order valence-corrected chi connectivity index (χ3v) is 3.94. The number of rotatable bonds is 5. The molecule has 1 aromatic carbocycles. The van der Waals surface area contributed by atoms with Gasteiger partial charge >= 0.3 is 0 Å². The molecular weight excluding hydrogens is 248 g/mol. The van der Waals surface area contributed by atoms with Crippen molar-refractivity contribution in [1.29, 1.82) is 0 Å². The van der Waals surface area contributed by atoms with E-state index in [-0.39, 0.29) is 0 Å². The maximum atomic E-state index is 9.23. The lowest BCUT2D eigenvalue weighted by Gasteiger charge is -2.30. The highest BCUT2D eigenvalue weighted by Gasteiger charge is 2.17. The van der Waals surface area contributed by atoms with E-state index in [1.807, 2.05) is 0 Å². The van der Waals surface area contributed by atoms with Gasteiger partial charge in [0.05, 0.1) is 0 Å². The summed E-state index contributed by atoms with van der Waals surface area (Å²) < 4.78 is 0. The van der Waals surface area contributed by atoms with Crippen molar-refractivity contribution < 1.29 is 5.11 Å². The van der Waals surface area contributed by atoms with Gasteiger partial charge in [-0.3, -0.25) is 4.90 Å². The predicted molar refractivity (Wildman–Crippen MR) is 86.1 cm³/mol. The summed E-state index contributed by atoms with van der Waals surface area (Å²) in [5.74, 6) is 0.469. The van der Waals surface area contributed by atoms with Gasteiger partial charge in [0, 0.05) is 39.5 Å². The molecule has 1 N–H and O–H groups in total. The Balaban J connectivity index is 1.83. The highest BCUT2D eigenvalue weighted by atomic mass is 16.3. The molecule has 0 saturated carbocycles. The van der Waals surface area contributed by atoms with E-state index < -0.39 is 0 Å². The first kappa shape index (κ1) is 15.1. The van der Waals surface area contributed by atoms with Crippen LogP contribution in [-0.2, 0) is 0 Å². The van der Waals surface area contributed by atoms with Crippen molar-refractivity contribution in [3.63, 3.8) is 0 Å². The zero-order valence-electron chi connectivity index (χ0n) is 12.6. The molecule has 0 amide bonds. The molecule has 0 spiro atoms. The van der Waals surface area contributed by atoms with E-state index in [1.54, 1.807) is 0 Å². The quantitative estimate of drug-likeness (QED) is 0.893. The molecule has 2 rings (SSSR count). The third-order valence-electron chi connectivity index (χ3n) is 3.94. The van der Waals surface area contributed by atoms with Gasteiger partial charge in [-0.1, -0.05) is 24.3 Å². The summed E-state index contributed by atoms with van der Waals surface area (Å²) in [4.78, 5) is 4.53. The minimum Gasteiger partial charge on any atom is -0.396 e. The zero-order valence-corrected chi connectivity index (χ0v) is 12.6. The normalized spacial score (nSPS) is 20.4. The first-order valence-corrected chi connectivity index (χ1v) is 7.46. The van der Waals surface area contributed by atoms with Gasteiger partial charge in [-0.25, -0.2) is 0 Å². The van der Waals surface area contributed by atoms with Gasteiger partial charge < -0.3 is 10.0 Å². The van der Waals surface area contributed by atoms with Crippen molar-refractivity contribution in [2.24, 2.45) is 5.92 Å². The first-order valence-electron chi connectivity index (χ1n) is 7.46. The minimum atomic E-state index is 0.326. The maximum Gasteiger partial charge on any atom is 0.0471 e. The molecule has 0 aromatic heterocycles. The number of anilines is 1. The summed E-state index contributed by atoms with van der Waals surface area (Å²) >= 11 is 0. The Hall–Kier alpha value is -1.32. The molecule has 1 saturated heterocycles. The van der Waals surface area contributed by atoms with Gasteiger partial charge in [-0.15, -0.1) is 0 Å². The number of piperidine rings is 1. The van der Waals surface area contributed by atoms with Gasteiger partial charge in [0.25, 0.3) is 0 Å². The van der Waals surface area contributed by atoms with Crippen molar-refractivity contribution in [2.75, 3.05) is 45.2 Å². The van der Waals surface area contributed by atoms with Gasteiger partial charge in [0.2, 0.25) is 0 Å². The van der Waals surface area contributed by atoms with Crippen LogP contribution in [0.2, 0.25) is 0 Å². The van der Waals surface area contributed by atoms with Gasteiger partial charge in [-0.05, 0) is 43.0 Å². The van der Waals surface area contributed by atoms with E-state index >= 15 is 0 Å². The number of aliphatic hydroxyl groups is 1. The zero-order chi connectivity index (χ0) is 14.4. The highest BCUT2D eigenvalue weighted by Crippen LogP contribution is 2.16. The van der Waals surface area contributed by atoms with Crippen LogP contribution in [0.1, 0.15) is 18.4 Å². The largest absolute Gasteiger partial charge is 0.396 e. The predicted octanol–water partition coefficient (Wildman–Crippen LogP) is 2.47. The Morgan fingerprint density at radius 3 is 2.70 bits per heavy atom. The lowest BCUT2D eigenvalue weighted by Crippen LogP contribution is -2.36. The lowest BCUT2D eigenvalue weighted by atomic mass is 9.99. The molecule has 0 radical (unpaired) electrons. The Kier molecular flexibility index (Phi) is 5.62. The summed E-state index contributed by atoms with van der Waals surface area (Å²) in [7, 11) is 4.11. The van der Waals surface area contributed by atoms with E-state index in [4.69, 9.17) is 0 Å². The van der Waals surface area contributed by atoms with Crippen LogP contribution in [0.25, 0.3) is 6.08 Å². The second-order valence-electron chi connectivity index (χ2n) is 5.84. The molecule has 3 nitrogen and oxygen atoms in total. The SMILES string of the molecule is CN(C)c1ccc(C=CCN2CCCC(CO)C2)cc1. The number of nitrogens with zero attached hydrogens (tertiary/aromatic N) is 2. The van der Waals surface area contributed by atoms with E-state index in [9.17, 15) is 5.11 Å². The van der Waals surface area contributed by atoms with Crippen LogP contribution < -0.4 is 4.90 Å². The molecule has 1 fully saturated rings. The summed E-state index contributed by atoms with van der Waals surface area (Å²) in [6, 6.07) is 8.59. The van der Waals surface area contributed by atoms with Gasteiger partial charge in [-0.2, -0.15) is 0 Å². The molecule has 1 heterocycles. The number of aliphatic hydroxyl groups excluding tert-OH is 1. The van der Waals surface area contributed by atoms with Crippen LogP contribution in [0.3, 0.4) is 0 Å². The van der Waals surface area contributed by atoms with Crippen molar-refractivity contribution in [2.45, 2.75) is 12.8 Å². The standard InChI is InChI=1S/C17H26N2O/c1-18(2)17-9-7-15(8-10-17)5-3-11-19-12-4-6-16(13-19)14-20/h3,5,7-10,16,20H,4,6,11-14H2,1-2H3. The average Bonchev–Trinajstić information content (AvgIpc) is 2.48. The average molecular weight is 274 g/mol. The van der Waals surface area contributed by atoms with E-state index in [0.717, 1.165) is 19.6 Å². The minimum absolute atomic E-state index is 0.326. The Bertz CT molecular complexity index is 425. The highest BCUT2D eigenvalue weighted by molar-refractivity contribution is 5.55. The van der Waals surface area contributed by atoms with Crippen molar-refractivity contribution >= 4 is 11.8 Å². The van der Waals surface area contributed by atoms with Crippen molar-refractivity contribution in [3.8, 4) is 0 Å². The lowest BCUT2D eigenvalue weighted by molar-refractivity contribution is 0.129. The van der Waals surface area contributed by atoms with Gasteiger partial charge in [0.1, 0.15) is 0 Å². The van der Waals surface area contributed by atoms with Crippen molar-refractivity contribution in [1.82, 2.24) is 4.90 Å². The fourth-order valence-corrected chi connectivity index (χ4v) is 2.69. The molecular formula is C17H26N2O. The molecule has 0 bridgehead atoms. The van der Waals surface area contributed by atoms with Crippen LogP contribution in [0.15, 0.2) is 30.3 Å². The monoisotopic (exact) mass is 274 g/mol. The van der Waals surface area contributed by atoms with Crippen LogP contribution >= 0.6 is 0 Å². The summed E-state index contributed by atoms with van der Waals surface area (Å²) in [6.07, 6.45) is 6.78. The second-order valence-corrected chi connectivity index (χ2v) is 5.84. The summed E-state index contributed by atoms with van der Waals surface area (Å²) in [6.45, 7) is 3.49. The topological polar surface area (TPSA) is 26.7 Å². The number of hydrogen-bond donors (Lipinski definition) is 1. The second kappa shape index (κ2) is 7.46. The molecule has 0 aliphatic carbocycles. The van der Waals surface area contributed by atoms with E-state index in [1.165, 1.54) is 24.1 Å². The van der Waals surface area contributed by atoms with Crippen LogP contribution in [0, 0.1) is 5.92 Å². The molecule has 110 valence electrons. The molecule has 3 heteroatoms. The Labute approximate surface area is 122 Å². The third kappa shape index (κ3) is 4.36. The van der Waals surface area contributed by atoms with Gasteiger partial charge in [0.15, 0.2) is 0 Å². The number of benzene rings is 1. The molecule has 1 unspecified atom stereocenters. The summed E-state index contributed by atoms with van der Waals surface area (Å²) in [5.41, 5.74) is 2.47. The Morgan fingerprint density at radius 1 is 1.30 bits per heavy atom. The smallest absolute Gasteiger partial charge is 0.0471 e. The molecule has 1 aliphatic heterocycles. The van der Waals surface area contributed by atoms with Crippen LogP contribution in [0.5, 0.6) is 0 Å². The maximum absolute atomic E-state index is 9.23. The molecule has 1 aliphatic rings. The Morgan fingerprint density at radius 2 is 2.05 bits per heavy atom. The van der Waals surface area contributed by atoms with Crippen LogP contribution in [-0.4, -0.2) is 50.3 Å².